The van der Waals surface area contributed by atoms with E-state index in [1.807, 2.05) is 26.1 Å². The van der Waals surface area contributed by atoms with Crippen molar-refractivity contribution in [3.05, 3.63) is 35.0 Å². The van der Waals surface area contributed by atoms with Crippen LogP contribution in [0, 0.1) is 0 Å². The molecule has 1 aliphatic carbocycles. The zero-order chi connectivity index (χ0) is 24.8. The summed E-state index contributed by atoms with van der Waals surface area (Å²) in [5.41, 5.74) is 3.07. The zero-order valence-corrected chi connectivity index (χ0v) is 21.4. The summed E-state index contributed by atoms with van der Waals surface area (Å²) in [6, 6.07) is 6.11. The number of rotatable bonds is 7. The minimum absolute atomic E-state index is 0.0433. The summed E-state index contributed by atoms with van der Waals surface area (Å²) in [6.45, 7) is 6.69. The van der Waals surface area contributed by atoms with Crippen molar-refractivity contribution in [1.82, 2.24) is 15.2 Å². The second-order valence-corrected chi connectivity index (χ2v) is 10.9. The molecule has 190 valence electrons. The van der Waals surface area contributed by atoms with E-state index in [1.54, 1.807) is 11.3 Å². The van der Waals surface area contributed by atoms with Gasteiger partial charge in [-0.15, -0.1) is 11.3 Å². The van der Waals surface area contributed by atoms with Crippen LogP contribution in [0.3, 0.4) is 0 Å². The third-order valence-electron chi connectivity index (χ3n) is 6.73. The lowest BCUT2D eigenvalue weighted by atomic mass is 9.86. The molecule has 0 unspecified atom stereocenters. The number of benzene rings is 1. The number of anilines is 1. The highest BCUT2D eigenvalue weighted by molar-refractivity contribution is 7.15. The van der Waals surface area contributed by atoms with Gasteiger partial charge in [0.25, 0.3) is 0 Å². The van der Waals surface area contributed by atoms with Gasteiger partial charge in [0.15, 0.2) is 0 Å². The van der Waals surface area contributed by atoms with Gasteiger partial charge in [-0.05, 0) is 88.7 Å². The first-order valence-corrected chi connectivity index (χ1v) is 13.5. The van der Waals surface area contributed by atoms with Gasteiger partial charge in [0.2, 0.25) is 0 Å². The molecular weight excluding hydrogens is 464 g/mol. The first-order chi connectivity index (χ1) is 16.9. The van der Waals surface area contributed by atoms with E-state index in [1.165, 1.54) is 24.8 Å². The average molecular weight is 501 g/mol. The predicted octanol–water partition coefficient (Wildman–Crippen LogP) is 6.05. The number of carbonyl (C=O) groups excluding carboxylic acids is 1. The van der Waals surface area contributed by atoms with E-state index in [0.717, 1.165) is 66.5 Å². The number of nitrogens with one attached hydrogen (secondary N) is 2. The van der Waals surface area contributed by atoms with E-state index in [-0.39, 0.29) is 12.1 Å². The van der Waals surface area contributed by atoms with Gasteiger partial charge in [0, 0.05) is 30.4 Å². The van der Waals surface area contributed by atoms with Crippen LogP contribution in [0.2, 0.25) is 0 Å². The summed E-state index contributed by atoms with van der Waals surface area (Å²) >= 11 is 1.73. The molecular formula is C26H36N4O4S. The number of carbonyl (C=O) groups is 2. The fourth-order valence-corrected chi connectivity index (χ4v) is 6.17. The fraction of sp³-hybridized carbons (Fsp3) is 0.577. The molecule has 0 spiro atoms. The van der Waals surface area contributed by atoms with Crippen LogP contribution in [-0.4, -0.2) is 52.4 Å². The van der Waals surface area contributed by atoms with Gasteiger partial charge in [-0.25, -0.2) is 14.6 Å². The van der Waals surface area contributed by atoms with Gasteiger partial charge in [0.1, 0.15) is 0 Å². The lowest BCUT2D eigenvalue weighted by Gasteiger charge is -2.27. The number of amides is 2. The molecule has 3 N–H and O–H groups in total. The van der Waals surface area contributed by atoms with Crippen LogP contribution >= 0.6 is 11.3 Å². The summed E-state index contributed by atoms with van der Waals surface area (Å²) in [4.78, 5) is 31.5. The first kappa shape index (κ1) is 25.4. The Labute approximate surface area is 211 Å². The monoisotopic (exact) mass is 500 g/mol. The second kappa shape index (κ2) is 11.9. The molecule has 2 fully saturated rings. The minimum Gasteiger partial charge on any atom is -0.465 e. The van der Waals surface area contributed by atoms with Crippen LogP contribution in [0.5, 0.6) is 0 Å². The Morgan fingerprint density at radius 2 is 1.91 bits per heavy atom. The number of nitrogens with zero attached hydrogens (tertiary/aromatic N) is 2. The summed E-state index contributed by atoms with van der Waals surface area (Å²) in [7, 11) is 0. The van der Waals surface area contributed by atoms with Crippen molar-refractivity contribution in [3.8, 4) is 10.4 Å². The summed E-state index contributed by atoms with van der Waals surface area (Å²) < 4.78 is 5.25. The molecule has 4 rings (SSSR count). The number of likely N-dealkylation sites (tertiary alicyclic amines) is 1. The Hall–Kier alpha value is -2.65. The van der Waals surface area contributed by atoms with Crippen LogP contribution < -0.4 is 10.6 Å². The smallest absolute Gasteiger partial charge is 0.411 e. The van der Waals surface area contributed by atoms with Crippen molar-refractivity contribution in [1.29, 1.82) is 0 Å². The van der Waals surface area contributed by atoms with Gasteiger partial charge in [-0.3, -0.25) is 10.2 Å². The van der Waals surface area contributed by atoms with Crippen LogP contribution in [0.25, 0.3) is 10.4 Å². The summed E-state index contributed by atoms with van der Waals surface area (Å²) in [5.74, 6) is 0.373. The molecule has 1 aromatic heterocycles. The van der Waals surface area contributed by atoms with Gasteiger partial charge in [-0.2, -0.15) is 0 Å². The van der Waals surface area contributed by atoms with Crippen molar-refractivity contribution in [2.45, 2.75) is 83.4 Å². The molecule has 2 amide bonds. The maximum atomic E-state index is 12.2. The highest BCUT2D eigenvalue weighted by Gasteiger charge is 2.26. The van der Waals surface area contributed by atoms with Crippen molar-refractivity contribution in [3.63, 3.8) is 0 Å². The van der Waals surface area contributed by atoms with E-state index >= 15 is 0 Å². The quantitative estimate of drug-likeness (QED) is 0.428. The fourth-order valence-electron chi connectivity index (χ4n) is 5.02. The lowest BCUT2D eigenvalue weighted by Crippen LogP contribution is -2.36. The molecule has 35 heavy (non-hydrogen) atoms. The van der Waals surface area contributed by atoms with E-state index in [4.69, 9.17) is 14.8 Å². The van der Waals surface area contributed by atoms with E-state index in [2.05, 4.69) is 27.7 Å². The second-order valence-electron chi connectivity index (χ2n) is 9.85. The molecule has 1 aliphatic heterocycles. The molecule has 1 aromatic carbocycles. The third kappa shape index (κ3) is 7.18. The Morgan fingerprint density at radius 1 is 1.17 bits per heavy atom. The third-order valence-corrected chi connectivity index (χ3v) is 7.92. The van der Waals surface area contributed by atoms with Gasteiger partial charge < -0.3 is 15.2 Å². The molecule has 0 bridgehead atoms. The molecule has 2 aromatic rings. The minimum atomic E-state index is -0.943. The zero-order valence-electron chi connectivity index (χ0n) is 20.6. The van der Waals surface area contributed by atoms with Crippen molar-refractivity contribution in [2.24, 2.45) is 0 Å². The number of carboxylic acid groups (broad SMARTS) is 1. The maximum absolute atomic E-state index is 12.2. The number of ether oxygens (including phenoxy) is 1. The lowest BCUT2D eigenvalue weighted by molar-refractivity contribution is 0.130. The van der Waals surface area contributed by atoms with Crippen molar-refractivity contribution in [2.75, 3.05) is 18.4 Å². The molecule has 2 aliphatic rings. The van der Waals surface area contributed by atoms with Crippen LogP contribution in [0.4, 0.5) is 15.3 Å². The van der Waals surface area contributed by atoms with Gasteiger partial charge in [-0.1, -0.05) is 12.5 Å². The summed E-state index contributed by atoms with van der Waals surface area (Å²) in [5, 5.41) is 15.6. The average Bonchev–Trinajstić information content (AvgIpc) is 3.29. The Morgan fingerprint density at radius 3 is 2.60 bits per heavy atom. The molecule has 1 saturated carbocycles. The molecule has 0 radical (unpaired) electrons. The molecule has 2 heterocycles. The van der Waals surface area contributed by atoms with Crippen LogP contribution in [0.1, 0.15) is 75.3 Å². The largest absolute Gasteiger partial charge is 0.465 e. The van der Waals surface area contributed by atoms with Crippen LogP contribution in [-0.2, 0) is 11.3 Å². The van der Waals surface area contributed by atoms with E-state index in [0.29, 0.717) is 5.92 Å². The molecule has 1 saturated heterocycles. The normalized spacial score (nSPS) is 21.0. The topological polar surface area (TPSA) is 104 Å². The number of thiazole rings is 1. The van der Waals surface area contributed by atoms with Gasteiger partial charge >= 0.3 is 12.2 Å². The first-order valence-electron chi connectivity index (χ1n) is 12.7. The van der Waals surface area contributed by atoms with Crippen molar-refractivity contribution < 1.29 is 19.4 Å². The molecule has 9 heteroatoms. The number of piperidine rings is 1. The highest BCUT2D eigenvalue weighted by Crippen LogP contribution is 2.39. The SMILES string of the molecule is CC(C)OC(=O)Nc1ccc(-c2cnc([C@H]3CC[C@H](NC(=O)O)CC3)s2)c(CN2CCCCC2)c1. The van der Waals surface area contributed by atoms with E-state index < -0.39 is 12.2 Å². The maximum Gasteiger partial charge on any atom is 0.411 e. The Bertz CT molecular complexity index is 1010. The summed E-state index contributed by atoms with van der Waals surface area (Å²) in [6.07, 6.45) is 7.72. The highest BCUT2D eigenvalue weighted by atomic mass is 32.1. The molecule has 0 atom stereocenters. The Kier molecular flexibility index (Phi) is 8.62. The number of aromatic nitrogens is 1. The number of hydrogen-bond donors (Lipinski definition) is 3. The molecule has 8 nitrogen and oxygen atoms in total. The van der Waals surface area contributed by atoms with Crippen LogP contribution in [0.15, 0.2) is 24.4 Å². The van der Waals surface area contributed by atoms with Gasteiger partial charge in [0.05, 0.1) is 16.0 Å². The number of hydrogen-bond acceptors (Lipinski definition) is 6. The Balaban J connectivity index is 1.51. The van der Waals surface area contributed by atoms with E-state index in [9.17, 15) is 9.59 Å². The standard InChI is InChI=1S/C26H36N4O4S/c1-17(2)34-26(33)29-21-10-11-22(19(14-21)16-30-12-4-3-5-13-30)23-15-27-24(35-23)18-6-8-20(9-7-18)28-25(31)32/h10-11,14-15,17-18,20,28H,3-9,12-13,16H2,1-2H3,(H,29,33)(H,31,32)/t18-,20-. The van der Waals surface area contributed by atoms with Crippen molar-refractivity contribution >= 4 is 29.2 Å². The predicted molar refractivity (Wildman–Crippen MR) is 138 cm³/mol.